The SMILES string of the molecule is CCCCOc1ccc(/C=N/NC(=O)C(=O)Nc2ccccc2C)cc1. The van der Waals surface area contributed by atoms with Gasteiger partial charge in [0.15, 0.2) is 0 Å². The number of unbranched alkanes of at least 4 members (excludes halogenated alkanes) is 1. The minimum Gasteiger partial charge on any atom is -0.494 e. The molecule has 136 valence electrons. The van der Waals surface area contributed by atoms with Gasteiger partial charge in [-0.15, -0.1) is 0 Å². The predicted octanol–water partition coefficient (Wildman–Crippen LogP) is 3.26. The molecule has 2 aromatic rings. The van der Waals surface area contributed by atoms with Crippen LogP contribution >= 0.6 is 0 Å². The summed E-state index contributed by atoms with van der Waals surface area (Å²) in [4.78, 5) is 23.7. The number of para-hydroxylation sites is 1. The van der Waals surface area contributed by atoms with Gasteiger partial charge in [0.05, 0.1) is 12.8 Å². The molecule has 6 nitrogen and oxygen atoms in total. The highest BCUT2D eigenvalue weighted by molar-refractivity contribution is 6.39. The van der Waals surface area contributed by atoms with Crippen LogP contribution in [0.15, 0.2) is 53.6 Å². The zero-order valence-electron chi connectivity index (χ0n) is 15.0. The lowest BCUT2D eigenvalue weighted by Crippen LogP contribution is -2.32. The Morgan fingerprint density at radius 3 is 2.50 bits per heavy atom. The second-order valence-electron chi connectivity index (χ2n) is 5.74. The number of rotatable bonds is 7. The summed E-state index contributed by atoms with van der Waals surface area (Å²) in [5, 5.41) is 6.35. The smallest absolute Gasteiger partial charge is 0.329 e. The molecule has 0 saturated heterocycles. The van der Waals surface area contributed by atoms with Gasteiger partial charge in [-0.25, -0.2) is 5.43 Å². The fraction of sp³-hybridized carbons (Fsp3) is 0.250. The first-order valence-electron chi connectivity index (χ1n) is 8.53. The third-order valence-electron chi connectivity index (χ3n) is 3.63. The molecule has 0 unspecified atom stereocenters. The maximum absolute atomic E-state index is 11.9. The van der Waals surface area contributed by atoms with Crippen LogP contribution < -0.4 is 15.5 Å². The van der Waals surface area contributed by atoms with Gasteiger partial charge in [0.1, 0.15) is 5.75 Å². The number of ether oxygens (including phenoxy) is 1. The molecule has 2 aromatic carbocycles. The van der Waals surface area contributed by atoms with Crippen LogP contribution in [0.25, 0.3) is 0 Å². The van der Waals surface area contributed by atoms with Crippen molar-refractivity contribution in [3.8, 4) is 5.75 Å². The number of hydrazone groups is 1. The number of nitrogens with one attached hydrogen (secondary N) is 2. The quantitative estimate of drug-likeness (QED) is 0.347. The van der Waals surface area contributed by atoms with Crippen molar-refractivity contribution in [2.24, 2.45) is 5.10 Å². The molecule has 0 aliphatic heterocycles. The van der Waals surface area contributed by atoms with E-state index in [9.17, 15) is 9.59 Å². The van der Waals surface area contributed by atoms with E-state index in [0.29, 0.717) is 12.3 Å². The summed E-state index contributed by atoms with van der Waals surface area (Å²) in [5.74, 6) is -0.808. The summed E-state index contributed by atoms with van der Waals surface area (Å²) >= 11 is 0. The highest BCUT2D eigenvalue weighted by Gasteiger charge is 2.13. The molecule has 0 aliphatic carbocycles. The van der Waals surface area contributed by atoms with Crippen molar-refractivity contribution in [3.05, 3.63) is 59.7 Å². The Morgan fingerprint density at radius 2 is 1.81 bits per heavy atom. The highest BCUT2D eigenvalue weighted by atomic mass is 16.5. The Balaban J connectivity index is 1.82. The Labute approximate surface area is 153 Å². The summed E-state index contributed by atoms with van der Waals surface area (Å²) in [7, 11) is 0. The molecular weight excluding hydrogens is 330 g/mol. The van der Waals surface area contributed by atoms with Crippen molar-refractivity contribution in [2.75, 3.05) is 11.9 Å². The minimum atomic E-state index is -0.830. The van der Waals surface area contributed by atoms with Crippen LogP contribution in [0, 0.1) is 6.92 Å². The number of amides is 2. The topological polar surface area (TPSA) is 79.8 Å². The van der Waals surface area contributed by atoms with E-state index >= 15 is 0 Å². The van der Waals surface area contributed by atoms with E-state index in [-0.39, 0.29) is 0 Å². The molecule has 0 aromatic heterocycles. The van der Waals surface area contributed by atoms with Crippen LogP contribution in [0.2, 0.25) is 0 Å². The molecule has 2 N–H and O–H groups in total. The summed E-state index contributed by atoms with van der Waals surface area (Å²) in [5.41, 5.74) is 4.47. The van der Waals surface area contributed by atoms with E-state index in [1.54, 1.807) is 12.1 Å². The lowest BCUT2D eigenvalue weighted by Gasteiger charge is -2.06. The van der Waals surface area contributed by atoms with Gasteiger partial charge in [0, 0.05) is 5.69 Å². The van der Waals surface area contributed by atoms with E-state index in [1.165, 1.54) is 6.21 Å². The van der Waals surface area contributed by atoms with E-state index in [2.05, 4.69) is 22.8 Å². The number of carbonyl (C=O) groups excluding carboxylic acids is 2. The molecule has 0 heterocycles. The average Bonchev–Trinajstić information content (AvgIpc) is 2.65. The summed E-state index contributed by atoms with van der Waals surface area (Å²) < 4.78 is 5.57. The molecule has 0 saturated carbocycles. The Morgan fingerprint density at radius 1 is 1.08 bits per heavy atom. The normalized spacial score (nSPS) is 10.5. The summed E-state index contributed by atoms with van der Waals surface area (Å²) in [6.45, 7) is 4.65. The standard InChI is InChI=1S/C20H23N3O3/c1-3-4-13-26-17-11-9-16(10-12-17)14-21-23-20(25)19(24)22-18-8-6-5-7-15(18)2/h5-12,14H,3-4,13H2,1-2H3,(H,22,24)(H,23,25)/b21-14+. The summed E-state index contributed by atoms with van der Waals surface area (Å²) in [6, 6.07) is 14.5. The number of nitrogens with zero attached hydrogens (tertiary/aromatic N) is 1. The number of carbonyl (C=O) groups is 2. The molecule has 2 amide bonds. The Kier molecular flexibility index (Phi) is 7.36. The number of benzene rings is 2. The lowest BCUT2D eigenvalue weighted by atomic mass is 10.2. The molecule has 0 atom stereocenters. The van der Waals surface area contributed by atoms with Gasteiger partial charge in [-0.05, 0) is 54.8 Å². The highest BCUT2D eigenvalue weighted by Crippen LogP contribution is 2.13. The van der Waals surface area contributed by atoms with Gasteiger partial charge in [0.25, 0.3) is 0 Å². The molecule has 0 fully saturated rings. The molecule has 0 aliphatic rings. The van der Waals surface area contributed by atoms with Crippen molar-refractivity contribution in [3.63, 3.8) is 0 Å². The van der Waals surface area contributed by atoms with Crippen molar-refractivity contribution < 1.29 is 14.3 Å². The van der Waals surface area contributed by atoms with Crippen molar-refractivity contribution in [1.82, 2.24) is 5.43 Å². The van der Waals surface area contributed by atoms with Gasteiger partial charge in [-0.1, -0.05) is 31.5 Å². The van der Waals surface area contributed by atoms with Gasteiger partial charge < -0.3 is 10.1 Å². The van der Waals surface area contributed by atoms with E-state index in [4.69, 9.17) is 4.74 Å². The lowest BCUT2D eigenvalue weighted by molar-refractivity contribution is -0.136. The van der Waals surface area contributed by atoms with Crippen LogP contribution in [-0.4, -0.2) is 24.6 Å². The van der Waals surface area contributed by atoms with Crippen molar-refractivity contribution in [2.45, 2.75) is 26.7 Å². The monoisotopic (exact) mass is 353 g/mol. The second kappa shape index (κ2) is 9.98. The molecular formula is C20H23N3O3. The number of aryl methyl sites for hydroxylation is 1. The molecule has 0 bridgehead atoms. The minimum absolute atomic E-state index is 0.593. The zero-order chi connectivity index (χ0) is 18.8. The third kappa shape index (κ3) is 6.05. The van der Waals surface area contributed by atoms with Crippen LogP contribution in [0.3, 0.4) is 0 Å². The van der Waals surface area contributed by atoms with Crippen LogP contribution in [0.4, 0.5) is 5.69 Å². The first kappa shape index (κ1) is 19.2. The largest absolute Gasteiger partial charge is 0.494 e. The third-order valence-corrected chi connectivity index (χ3v) is 3.63. The van der Waals surface area contributed by atoms with Gasteiger partial charge in [-0.2, -0.15) is 5.10 Å². The Hall–Kier alpha value is -3.15. The fourth-order valence-electron chi connectivity index (χ4n) is 2.09. The molecule has 6 heteroatoms. The maximum atomic E-state index is 11.9. The first-order valence-corrected chi connectivity index (χ1v) is 8.53. The fourth-order valence-corrected chi connectivity index (χ4v) is 2.09. The second-order valence-corrected chi connectivity index (χ2v) is 5.74. The van der Waals surface area contributed by atoms with Crippen LogP contribution in [0.5, 0.6) is 5.75 Å². The summed E-state index contributed by atoms with van der Waals surface area (Å²) in [6.07, 6.45) is 3.57. The molecule has 26 heavy (non-hydrogen) atoms. The van der Waals surface area contributed by atoms with Crippen LogP contribution in [0.1, 0.15) is 30.9 Å². The number of hydrogen-bond acceptors (Lipinski definition) is 4. The van der Waals surface area contributed by atoms with Crippen molar-refractivity contribution >= 4 is 23.7 Å². The maximum Gasteiger partial charge on any atom is 0.329 e. The van der Waals surface area contributed by atoms with E-state index < -0.39 is 11.8 Å². The zero-order valence-corrected chi connectivity index (χ0v) is 15.0. The first-order chi connectivity index (χ1) is 12.6. The molecule has 2 rings (SSSR count). The Bertz CT molecular complexity index is 770. The van der Waals surface area contributed by atoms with Crippen molar-refractivity contribution in [1.29, 1.82) is 0 Å². The van der Waals surface area contributed by atoms with Gasteiger partial charge in [0.2, 0.25) is 0 Å². The number of hydrogen-bond donors (Lipinski definition) is 2. The molecule has 0 spiro atoms. The van der Waals surface area contributed by atoms with E-state index in [0.717, 1.165) is 29.7 Å². The van der Waals surface area contributed by atoms with Gasteiger partial charge >= 0.3 is 11.8 Å². The predicted molar refractivity (Wildman–Crippen MR) is 102 cm³/mol. The van der Waals surface area contributed by atoms with E-state index in [1.807, 2.05) is 43.3 Å². The molecule has 0 radical (unpaired) electrons. The number of anilines is 1. The van der Waals surface area contributed by atoms with Gasteiger partial charge in [-0.3, -0.25) is 9.59 Å². The average molecular weight is 353 g/mol. The van der Waals surface area contributed by atoms with Crippen LogP contribution in [-0.2, 0) is 9.59 Å².